The number of hydrogen-bond acceptors (Lipinski definition) is 5. The lowest BCUT2D eigenvalue weighted by Crippen LogP contribution is -2.15. The SMILES string of the molecule is COc1ccc(SCc2ccnc(C(N)=NO)c2)cc1. The third kappa shape index (κ3) is 3.64. The van der Waals surface area contributed by atoms with E-state index in [2.05, 4.69) is 10.1 Å². The number of amidine groups is 1. The van der Waals surface area contributed by atoms with Crippen LogP contribution in [-0.4, -0.2) is 23.1 Å². The van der Waals surface area contributed by atoms with E-state index in [9.17, 15) is 0 Å². The number of thioether (sulfide) groups is 1. The number of aromatic nitrogens is 1. The fraction of sp³-hybridized carbons (Fsp3) is 0.143. The van der Waals surface area contributed by atoms with Crippen LogP contribution in [0.3, 0.4) is 0 Å². The van der Waals surface area contributed by atoms with Gasteiger partial charge in [0, 0.05) is 16.8 Å². The van der Waals surface area contributed by atoms with E-state index in [4.69, 9.17) is 15.7 Å². The number of hydrogen-bond donors (Lipinski definition) is 2. The van der Waals surface area contributed by atoms with E-state index in [1.807, 2.05) is 36.4 Å². The fourth-order valence-corrected chi connectivity index (χ4v) is 2.44. The summed E-state index contributed by atoms with van der Waals surface area (Å²) < 4.78 is 5.12. The van der Waals surface area contributed by atoms with E-state index in [0.717, 1.165) is 22.0 Å². The minimum Gasteiger partial charge on any atom is -0.497 e. The predicted octanol–water partition coefficient (Wildman–Crippen LogP) is 2.48. The average molecular weight is 289 g/mol. The zero-order valence-corrected chi connectivity index (χ0v) is 11.8. The van der Waals surface area contributed by atoms with Gasteiger partial charge in [0.15, 0.2) is 5.84 Å². The molecule has 3 N–H and O–H groups in total. The molecule has 1 aromatic carbocycles. The van der Waals surface area contributed by atoms with Crippen molar-refractivity contribution in [1.29, 1.82) is 0 Å². The Morgan fingerprint density at radius 2 is 2.10 bits per heavy atom. The minimum atomic E-state index is 0.0151. The lowest BCUT2D eigenvalue weighted by molar-refractivity contribution is 0.318. The van der Waals surface area contributed by atoms with Gasteiger partial charge in [-0.15, -0.1) is 11.8 Å². The summed E-state index contributed by atoms with van der Waals surface area (Å²) in [4.78, 5) is 5.19. The highest BCUT2D eigenvalue weighted by molar-refractivity contribution is 7.98. The van der Waals surface area contributed by atoms with Crippen LogP contribution < -0.4 is 10.5 Å². The molecule has 0 saturated heterocycles. The molecule has 5 nitrogen and oxygen atoms in total. The molecule has 104 valence electrons. The number of nitrogens with two attached hydrogens (primary N) is 1. The zero-order chi connectivity index (χ0) is 14.4. The molecule has 1 aromatic heterocycles. The lowest BCUT2D eigenvalue weighted by atomic mass is 10.2. The maximum Gasteiger partial charge on any atom is 0.188 e. The maximum absolute atomic E-state index is 8.64. The van der Waals surface area contributed by atoms with Crippen molar-refractivity contribution in [3.8, 4) is 5.75 Å². The molecule has 0 amide bonds. The Labute approximate surface area is 121 Å². The Kier molecular flexibility index (Phi) is 4.84. The molecule has 0 saturated carbocycles. The zero-order valence-electron chi connectivity index (χ0n) is 11.0. The number of methoxy groups -OCH3 is 1. The molecule has 0 spiro atoms. The van der Waals surface area contributed by atoms with Gasteiger partial charge in [-0.3, -0.25) is 4.98 Å². The van der Waals surface area contributed by atoms with Crippen molar-refractivity contribution in [2.24, 2.45) is 10.9 Å². The van der Waals surface area contributed by atoms with E-state index in [1.54, 1.807) is 25.1 Å². The summed E-state index contributed by atoms with van der Waals surface area (Å²) >= 11 is 1.69. The van der Waals surface area contributed by atoms with Gasteiger partial charge < -0.3 is 15.7 Å². The number of rotatable bonds is 5. The van der Waals surface area contributed by atoms with E-state index in [0.29, 0.717) is 5.69 Å². The Morgan fingerprint density at radius 3 is 2.75 bits per heavy atom. The number of oxime groups is 1. The number of pyridine rings is 1. The second-order valence-electron chi connectivity index (χ2n) is 4.00. The topological polar surface area (TPSA) is 80.7 Å². The van der Waals surface area contributed by atoms with Gasteiger partial charge in [-0.05, 0) is 42.0 Å². The summed E-state index contributed by atoms with van der Waals surface area (Å²) in [5, 5.41) is 11.6. The molecule has 0 unspecified atom stereocenters. The van der Waals surface area contributed by atoms with Crippen LogP contribution in [0.15, 0.2) is 52.6 Å². The Bertz CT molecular complexity index is 600. The van der Waals surface area contributed by atoms with E-state index in [-0.39, 0.29) is 5.84 Å². The van der Waals surface area contributed by atoms with Gasteiger partial charge in [-0.1, -0.05) is 5.16 Å². The summed E-state index contributed by atoms with van der Waals surface area (Å²) in [7, 11) is 1.65. The van der Waals surface area contributed by atoms with Crippen LogP contribution >= 0.6 is 11.8 Å². The molecule has 1 heterocycles. The van der Waals surface area contributed by atoms with E-state index >= 15 is 0 Å². The molecule has 0 aliphatic rings. The summed E-state index contributed by atoms with van der Waals surface area (Å²) in [6.07, 6.45) is 1.65. The Balaban J connectivity index is 2.03. The molecule has 2 rings (SSSR count). The molecule has 0 aliphatic heterocycles. The van der Waals surface area contributed by atoms with Gasteiger partial charge in [0.1, 0.15) is 11.4 Å². The van der Waals surface area contributed by atoms with Crippen molar-refractivity contribution in [3.63, 3.8) is 0 Å². The van der Waals surface area contributed by atoms with Crippen LogP contribution in [0, 0.1) is 0 Å². The Morgan fingerprint density at radius 1 is 1.35 bits per heavy atom. The normalized spacial score (nSPS) is 11.3. The molecule has 2 aromatic rings. The molecule has 0 radical (unpaired) electrons. The van der Waals surface area contributed by atoms with Crippen molar-refractivity contribution in [1.82, 2.24) is 4.98 Å². The highest BCUT2D eigenvalue weighted by atomic mass is 32.2. The van der Waals surface area contributed by atoms with Crippen LogP contribution in [0.25, 0.3) is 0 Å². The van der Waals surface area contributed by atoms with E-state index in [1.165, 1.54) is 0 Å². The highest BCUT2D eigenvalue weighted by Crippen LogP contribution is 2.24. The van der Waals surface area contributed by atoms with Crippen molar-refractivity contribution < 1.29 is 9.94 Å². The summed E-state index contributed by atoms with van der Waals surface area (Å²) in [5.41, 5.74) is 7.05. The highest BCUT2D eigenvalue weighted by Gasteiger charge is 2.03. The van der Waals surface area contributed by atoms with Gasteiger partial charge in [-0.25, -0.2) is 0 Å². The molecule has 0 aliphatic carbocycles. The van der Waals surface area contributed by atoms with Gasteiger partial charge in [0.2, 0.25) is 0 Å². The molecule has 0 bridgehead atoms. The molecular formula is C14H15N3O2S. The monoisotopic (exact) mass is 289 g/mol. The predicted molar refractivity (Wildman–Crippen MR) is 79.3 cm³/mol. The van der Waals surface area contributed by atoms with Gasteiger partial charge in [0.05, 0.1) is 7.11 Å². The van der Waals surface area contributed by atoms with Crippen LogP contribution in [0.1, 0.15) is 11.3 Å². The second kappa shape index (κ2) is 6.81. The first-order chi connectivity index (χ1) is 9.72. The van der Waals surface area contributed by atoms with Gasteiger partial charge in [0.25, 0.3) is 0 Å². The third-order valence-corrected chi connectivity index (χ3v) is 3.74. The second-order valence-corrected chi connectivity index (χ2v) is 5.05. The number of ether oxygens (including phenoxy) is 1. The van der Waals surface area contributed by atoms with Crippen molar-refractivity contribution in [2.75, 3.05) is 7.11 Å². The van der Waals surface area contributed by atoms with Gasteiger partial charge in [-0.2, -0.15) is 0 Å². The first-order valence-electron chi connectivity index (χ1n) is 5.92. The maximum atomic E-state index is 8.64. The molecule has 0 atom stereocenters. The van der Waals surface area contributed by atoms with Crippen LogP contribution in [-0.2, 0) is 5.75 Å². The first-order valence-corrected chi connectivity index (χ1v) is 6.91. The van der Waals surface area contributed by atoms with Crippen LogP contribution in [0.2, 0.25) is 0 Å². The summed E-state index contributed by atoms with van der Waals surface area (Å²) in [6.45, 7) is 0. The van der Waals surface area contributed by atoms with Crippen LogP contribution in [0.5, 0.6) is 5.75 Å². The molecule has 0 fully saturated rings. The lowest BCUT2D eigenvalue weighted by Gasteiger charge is -2.05. The largest absolute Gasteiger partial charge is 0.497 e. The third-order valence-electron chi connectivity index (χ3n) is 2.66. The smallest absolute Gasteiger partial charge is 0.188 e. The fourth-order valence-electron chi connectivity index (χ4n) is 1.59. The molecule has 6 heteroatoms. The standard InChI is InChI=1S/C14H15N3O2S/c1-19-11-2-4-12(5-3-11)20-9-10-6-7-16-13(8-10)14(15)17-18/h2-8,18H,9H2,1H3,(H2,15,17). The molecular weight excluding hydrogens is 274 g/mol. The van der Waals surface area contributed by atoms with Crippen molar-refractivity contribution >= 4 is 17.6 Å². The Hall–Kier alpha value is -2.21. The number of benzene rings is 1. The van der Waals surface area contributed by atoms with Crippen LogP contribution in [0.4, 0.5) is 0 Å². The molecule has 20 heavy (non-hydrogen) atoms. The minimum absolute atomic E-state index is 0.0151. The van der Waals surface area contributed by atoms with Gasteiger partial charge >= 0.3 is 0 Å². The average Bonchev–Trinajstić information content (AvgIpc) is 2.53. The summed E-state index contributed by atoms with van der Waals surface area (Å²) in [6, 6.07) is 11.6. The van der Waals surface area contributed by atoms with E-state index < -0.39 is 0 Å². The first kappa shape index (κ1) is 14.2. The summed E-state index contributed by atoms with van der Waals surface area (Å²) in [5.74, 6) is 1.63. The number of nitrogens with zero attached hydrogens (tertiary/aromatic N) is 2. The van der Waals surface area contributed by atoms with Crippen molar-refractivity contribution in [3.05, 3.63) is 53.9 Å². The van der Waals surface area contributed by atoms with Crippen molar-refractivity contribution in [2.45, 2.75) is 10.6 Å². The quantitative estimate of drug-likeness (QED) is 0.290.